The third kappa shape index (κ3) is 3.74. The highest BCUT2D eigenvalue weighted by Crippen LogP contribution is 2.08. The van der Waals surface area contributed by atoms with Gasteiger partial charge in [0.05, 0.1) is 6.33 Å². The maximum Gasteiger partial charge on any atom is 0.278 e. The molecule has 1 aromatic heterocycles. The summed E-state index contributed by atoms with van der Waals surface area (Å²) in [6.45, 7) is 5.41. The lowest BCUT2D eigenvalue weighted by molar-refractivity contribution is -0.123. The number of nitrogens with one attached hydrogen (secondary N) is 1. The molecule has 0 fully saturated rings. The number of halogens is 1. The molecule has 3 N–H and O–H groups in total. The number of aromatic nitrogens is 2. The summed E-state index contributed by atoms with van der Waals surface area (Å²) in [5.74, 6) is -0.289. The van der Waals surface area contributed by atoms with Gasteiger partial charge in [-0.1, -0.05) is 11.6 Å². The first-order valence-corrected chi connectivity index (χ1v) is 5.40. The SMILES string of the molecule is CC(C)(C)NC(=O)Cn1cnc(Cl)c(N)c1=O. The van der Waals surface area contributed by atoms with Crippen LogP contribution in [0, 0.1) is 0 Å². The fourth-order valence-electron chi connectivity index (χ4n) is 1.21. The third-order valence-corrected chi connectivity index (χ3v) is 2.15. The quantitative estimate of drug-likeness (QED) is 0.751. The van der Waals surface area contributed by atoms with E-state index in [1.807, 2.05) is 20.8 Å². The molecule has 0 aliphatic carbocycles. The number of nitrogens with two attached hydrogens (primary N) is 1. The fraction of sp³-hybridized carbons (Fsp3) is 0.500. The lowest BCUT2D eigenvalue weighted by atomic mass is 10.1. The average Bonchev–Trinajstić information content (AvgIpc) is 2.16. The van der Waals surface area contributed by atoms with Crippen LogP contribution in [0.25, 0.3) is 0 Å². The molecule has 0 bridgehead atoms. The van der Waals surface area contributed by atoms with E-state index in [1.165, 1.54) is 6.33 Å². The van der Waals surface area contributed by atoms with Crippen LogP contribution in [0.2, 0.25) is 5.15 Å². The minimum absolute atomic E-state index is 0.0533. The largest absolute Gasteiger partial charge is 0.392 e. The highest BCUT2D eigenvalue weighted by molar-refractivity contribution is 6.31. The van der Waals surface area contributed by atoms with Crippen molar-refractivity contribution in [2.75, 3.05) is 5.73 Å². The second-order valence-corrected chi connectivity index (χ2v) is 5.04. The molecule has 1 aromatic rings. The maximum atomic E-state index is 11.6. The van der Waals surface area contributed by atoms with Gasteiger partial charge in [-0.15, -0.1) is 0 Å². The molecule has 1 heterocycles. The number of nitrogen functional groups attached to an aromatic ring is 1. The molecule has 0 aromatic carbocycles. The summed E-state index contributed by atoms with van der Waals surface area (Å²) in [5, 5.41) is 2.68. The van der Waals surface area contributed by atoms with Crippen LogP contribution in [0.4, 0.5) is 5.69 Å². The number of amides is 1. The van der Waals surface area contributed by atoms with E-state index in [4.69, 9.17) is 17.3 Å². The van der Waals surface area contributed by atoms with Crippen molar-refractivity contribution in [3.8, 4) is 0 Å². The van der Waals surface area contributed by atoms with Gasteiger partial charge in [-0.25, -0.2) is 4.98 Å². The minimum atomic E-state index is -0.519. The van der Waals surface area contributed by atoms with Gasteiger partial charge in [-0.05, 0) is 20.8 Å². The lowest BCUT2D eigenvalue weighted by Crippen LogP contribution is -2.43. The lowest BCUT2D eigenvalue weighted by Gasteiger charge is -2.20. The van der Waals surface area contributed by atoms with Gasteiger partial charge >= 0.3 is 0 Å². The Morgan fingerprint density at radius 3 is 2.71 bits per heavy atom. The highest BCUT2D eigenvalue weighted by atomic mass is 35.5. The van der Waals surface area contributed by atoms with Crippen molar-refractivity contribution in [3.05, 3.63) is 21.8 Å². The topological polar surface area (TPSA) is 90.0 Å². The van der Waals surface area contributed by atoms with Crippen molar-refractivity contribution in [2.45, 2.75) is 32.9 Å². The van der Waals surface area contributed by atoms with Crippen LogP contribution >= 0.6 is 11.6 Å². The van der Waals surface area contributed by atoms with Gasteiger partial charge in [-0.3, -0.25) is 14.2 Å². The van der Waals surface area contributed by atoms with Crippen molar-refractivity contribution >= 4 is 23.2 Å². The van der Waals surface area contributed by atoms with Gasteiger partial charge in [0.1, 0.15) is 12.2 Å². The smallest absolute Gasteiger partial charge is 0.278 e. The molecule has 1 rings (SSSR count). The number of anilines is 1. The van der Waals surface area contributed by atoms with Gasteiger partial charge in [-0.2, -0.15) is 0 Å². The minimum Gasteiger partial charge on any atom is -0.392 e. The number of nitrogens with zero attached hydrogens (tertiary/aromatic N) is 2. The zero-order chi connectivity index (χ0) is 13.2. The molecule has 0 atom stereocenters. The van der Waals surface area contributed by atoms with Crippen LogP contribution in [-0.4, -0.2) is 21.0 Å². The molecule has 0 aliphatic heterocycles. The highest BCUT2D eigenvalue weighted by Gasteiger charge is 2.15. The Kier molecular flexibility index (Phi) is 3.77. The number of hydrogen-bond donors (Lipinski definition) is 2. The number of carbonyl (C=O) groups excluding carboxylic acids is 1. The summed E-state index contributed by atoms with van der Waals surface area (Å²) in [6, 6.07) is 0. The van der Waals surface area contributed by atoms with Crippen LogP contribution in [0.3, 0.4) is 0 Å². The number of hydrogen-bond acceptors (Lipinski definition) is 4. The Morgan fingerprint density at radius 2 is 2.18 bits per heavy atom. The molecule has 0 aliphatic rings. The van der Waals surface area contributed by atoms with Crippen molar-refractivity contribution in [1.82, 2.24) is 14.9 Å². The third-order valence-electron chi connectivity index (χ3n) is 1.85. The first-order valence-electron chi connectivity index (χ1n) is 5.02. The molecule has 17 heavy (non-hydrogen) atoms. The van der Waals surface area contributed by atoms with Crippen molar-refractivity contribution in [2.24, 2.45) is 0 Å². The molecule has 94 valence electrons. The summed E-state index contributed by atoms with van der Waals surface area (Å²) in [6.07, 6.45) is 1.20. The van der Waals surface area contributed by atoms with Crippen molar-refractivity contribution in [3.63, 3.8) is 0 Å². The molecule has 6 nitrogen and oxygen atoms in total. The predicted octanol–water partition coefficient (Wildman–Crippen LogP) is 0.394. The molecule has 0 radical (unpaired) electrons. The van der Waals surface area contributed by atoms with Crippen LogP contribution in [0.5, 0.6) is 0 Å². The summed E-state index contributed by atoms with van der Waals surface area (Å²) < 4.78 is 1.11. The fourth-order valence-corrected chi connectivity index (χ4v) is 1.33. The van der Waals surface area contributed by atoms with Crippen LogP contribution in [0.15, 0.2) is 11.1 Å². The van der Waals surface area contributed by atoms with Gasteiger partial charge < -0.3 is 11.1 Å². The van der Waals surface area contributed by atoms with E-state index < -0.39 is 5.56 Å². The zero-order valence-corrected chi connectivity index (χ0v) is 10.7. The Hall–Kier alpha value is -1.56. The van der Waals surface area contributed by atoms with Crippen molar-refractivity contribution < 1.29 is 4.79 Å². The Labute approximate surface area is 104 Å². The monoisotopic (exact) mass is 258 g/mol. The summed E-state index contributed by atoms with van der Waals surface area (Å²) in [7, 11) is 0. The standard InChI is InChI=1S/C10H15ClN4O2/c1-10(2,3)14-6(16)4-15-5-13-8(11)7(12)9(15)17/h5H,4,12H2,1-3H3,(H,14,16). The predicted molar refractivity (Wildman–Crippen MR) is 65.8 cm³/mol. The van der Waals surface area contributed by atoms with Gasteiger partial charge in [0, 0.05) is 5.54 Å². The van der Waals surface area contributed by atoms with E-state index in [0.29, 0.717) is 0 Å². The summed E-state index contributed by atoms with van der Waals surface area (Å²) >= 11 is 5.58. The van der Waals surface area contributed by atoms with E-state index in [-0.39, 0.29) is 28.8 Å². The first-order chi connectivity index (χ1) is 7.70. The van der Waals surface area contributed by atoms with E-state index in [1.54, 1.807) is 0 Å². The number of rotatable bonds is 2. The summed E-state index contributed by atoms with van der Waals surface area (Å²) in [5.41, 5.74) is 4.40. The molecule has 1 amide bonds. The van der Waals surface area contributed by atoms with Crippen LogP contribution < -0.4 is 16.6 Å². The maximum absolute atomic E-state index is 11.6. The first kappa shape index (κ1) is 13.5. The number of carbonyl (C=O) groups is 1. The van der Waals surface area contributed by atoms with Gasteiger partial charge in [0.2, 0.25) is 5.91 Å². The van der Waals surface area contributed by atoms with E-state index in [2.05, 4.69) is 10.3 Å². The molecular formula is C10H15ClN4O2. The molecule has 0 saturated carbocycles. The average molecular weight is 259 g/mol. The second kappa shape index (κ2) is 4.75. The van der Waals surface area contributed by atoms with Gasteiger partial charge in [0.15, 0.2) is 5.15 Å². The van der Waals surface area contributed by atoms with Crippen LogP contribution in [-0.2, 0) is 11.3 Å². The molecular weight excluding hydrogens is 244 g/mol. The van der Waals surface area contributed by atoms with E-state index in [0.717, 1.165) is 4.57 Å². The Balaban J connectivity index is 2.87. The second-order valence-electron chi connectivity index (χ2n) is 4.68. The molecule has 7 heteroatoms. The van der Waals surface area contributed by atoms with E-state index >= 15 is 0 Å². The molecule has 0 saturated heterocycles. The van der Waals surface area contributed by atoms with Crippen molar-refractivity contribution in [1.29, 1.82) is 0 Å². The molecule has 0 unspecified atom stereocenters. The van der Waals surface area contributed by atoms with Gasteiger partial charge in [0.25, 0.3) is 5.56 Å². The van der Waals surface area contributed by atoms with Crippen LogP contribution in [0.1, 0.15) is 20.8 Å². The Bertz CT molecular complexity index is 490. The Morgan fingerprint density at radius 1 is 1.59 bits per heavy atom. The zero-order valence-electron chi connectivity index (χ0n) is 9.95. The normalized spacial score (nSPS) is 11.3. The van der Waals surface area contributed by atoms with E-state index in [9.17, 15) is 9.59 Å². The summed E-state index contributed by atoms with van der Waals surface area (Å²) in [4.78, 5) is 26.9. The molecule has 0 spiro atoms.